The van der Waals surface area contributed by atoms with Crippen molar-refractivity contribution in [3.63, 3.8) is 0 Å². The molecule has 0 heterocycles. The lowest BCUT2D eigenvalue weighted by Crippen LogP contribution is -2.19. The quantitative estimate of drug-likeness (QED) is 0.943. The number of anilines is 1. The van der Waals surface area contributed by atoms with Crippen molar-refractivity contribution in [1.82, 2.24) is 0 Å². The Bertz CT molecular complexity index is 701. The van der Waals surface area contributed by atoms with Crippen LogP contribution in [0, 0.1) is 18.3 Å². The number of benzene rings is 2. The van der Waals surface area contributed by atoms with Crippen molar-refractivity contribution in [2.24, 2.45) is 0 Å². The third-order valence-electron chi connectivity index (χ3n) is 2.84. The predicted octanol–water partition coefficient (Wildman–Crippen LogP) is 2.61. The first-order valence-electron chi connectivity index (χ1n) is 6.33. The molecule has 0 bridgehead atoms. The highest BCUT2D eigenvalue weighted by molar-refractivity contribution is 7.85. The molecule has 1 atom stereocenters. The van der Waals surface area contributed by atoms with Crippen molar-refractivity contribution >= 4 is 22.4 Å². The molecule has 1 unspecified atom stereocenters. The minimum absolute atomic E-state index is 0.0942. The van der Waals surface area contributed by atoms with Crippen LogP contribution in [0.2, 0.25) is 0 Å². The van der Waals surface area contributed by atoms with Gasteiger partial charge < -0.3 is 5.32 Å². The zero-order valence-electron chi connectivity index (χ0n) is 11.5. The first-order chi connectivity index (χ1) is 10.1. The van der Waals surface area contributed by atoms with Crippen molar-refractivity contribution < 1.29 is 9.00 Å². The molecular weight excluding hydrogens is 284 g/mol. The highest BCUT2D eigenvalue weighted by Gasteiger charge is 2.10. The Morgan fingerprint density at radius 3 is 2.33 bits per heavy atom. The van der Waals surface area contributed by atoms with E-state index in [4.69, 9.17) is 5.26 Å². The summed E-state index contributed by atoms with van der Waals surface area (Å²) in [7, 11) is -1.37. The number of hydrogen-bond acceptors (Lipinski definition) is 3. The Hall–Kier alpha value is -2.45. The molecule has 0 aliphatic heterocycles. The third kappa shape index (κ3) is 4.26. The van der Waals surface area contributed by atoms with Crippen LogP contribution in [-0.4, -0.2) is 15.9 Å². The lowest BCUT2D eigenvalue weighted by Gasteiger charge is -2.05. The molecule has 4 nitrogen and oxygen atoms in total. The van der Waals surface area contributed by atoms with E-state index in [1.807, 2.05) is 25.1 Å². The van der Waals surface area contributed by atoms with E-state index in [1.165, 1.54) is 0 Å². The van der Waals surface area contributed by atoms with E-state index in [-0.39, 0.29) is 11.7 Å². The molecule has 0 radical (unpaired) electrons. The van der Waals surface area contributed by atoms with Crippen LogP contribution in [0.4, 0.5) is 5.69 Å². The zero-order chi connectivity index (χ0) is 15.2. The molecule has 0 saturated heterocycles. The van der Waals surface area contributed by atoms with Gasteiger partial charge in [-0.3, -0.25) is 9.00 Å². The maximum absolute atomic E-state index is 12.1. The van der Waals surface area contributed by atoms with E-state index < -0.39 is 10.8 Å². The minimum atomic E-state index is -1.37. The van der Waals surface area contributed by atoms with Crippen LogP contribution in [-0.2, 0) is 15.6 Å². The minimum Gasteiger partial charge on any atom is -0.325 e. The van der Waals surface area contributed by atoms with Crippen molar-refractivity contribution in [3.8, 4) is 6.07 Å². The Labute approximate surface area is 125 Å². The number of carbonyl (C=O) groups is 1. The van der Waals surface area contributed by atoms with E-state index in [1.54, 1.807) is 36.4 Å². The van der Waals surface area contributed by atoms with Gasteiger partial charge in [0.1, 0.15) is 5.75 Å². The topological polar surface area (TPSA) is 70.0 Å². The average molecular weight is 298 g/mol. The van der Waals surface area contributed by atoms with Crippen molar-refractivity contribution in [2.45, 2.75) is 11.8 Å². The number of nitriles is 1. The monoisotopic (exact) mass is 298 g/mol. The number of carbonyl (C=O) groups excluding carboxylic acids is 1. The molecule has 0 fully saturated rings. The van der Waals surface area contributed by atoms with Crippen LogP contribution in [0.1, 0.15) is 11.1 Å². The fraction of sp³-hybridized carbons (Fsp3) is 0.125. The van der Waals surface area contributed by atoms with E-state index in [2.05, 4.69) is 5.32 Å². The van der Waals surface area contributed by atoms with Crippen molar-refractivity contribution in [1.29, 1.82) is 5.26 Å². The van der Waals surface area contributed by atoms with Gasteiger partial charge in [-0.15, -0.1) is 0 Å². The third-order valence-corrected chi connectivity index (χ3v) is 4.17. The van der Waals surface area contributed by atoms with Gasteiger partial charge in [0.15, 0.2) is 0 Å². The van der Waals surface area contributed by atoms with Gasteiger partial charge in [-0.05, 0) is 43.3 Å². The normalized spacial score (nSPS) is 11.4. The number of aryl methyl sites for hydroxylation is 1. The maximum atomic E-state index is 12.1. The van der Waals surface area contributed by atoms with Crippen LogP contribution in [0.25, 0.3) is 0 Å². The fourth-order valence-corrected chi connectivity index (χ4v) is 2.63. The standard InChI is InChI=1S/C16H14N2O2S/c1-12-2-8-15(9-3-12)21(20)11-16(19)18-14-6-4-13(10-17)5-7-14/h2-9H,11H2,1H3,(H,18,19). The van der Waals surface area contributed by atoms with Gasteiger partial charge in [0, 0.05) is 10.6 Å². The van der Waals surface area contributed by atoms with Crippen molar-refractivity contribution in [3.05, 3.63) is 59.7 Å². The van der Waals surface area contributed by atoms with E-state index >= 15 is 0 Å². The summed E-state index contributed by atoms with van der Waals surface area (Å²) < 4.78 is 12.1. The van der Waals surface area contributed by atoms with Gasteiger partial charge >= 0.3 is 0 Å². The molecule has 21 heavy (non-hydrogen) atoms. The Balaban J connectivity index is 1.96. The number of amides is 1. The molecule has 1 N–H and O–H groups in total. The average Bonchev–Trinajstić information content (AvgIpc) is 2.48. The largest absolute Gasteiger partial charge is 0.325 e. The molecule has 0 spiro atoms. The molecule has 2 aromatic rings. The van der Waals surface area contributed by atoms with E-state index in [9.17, 15) is 9.00 Å². The summed E-state index contributed by atoms with van der Waals surface area (Å²) in [4.78, 5) is 12.5. The van der Waals surface area contributed by atoms with Crippen LogP contribution in [0.15, 0.2) is 53.4 Å². The first kappa shape index (κ1) is 14.9. The lowest BCUT2D eigenvalue weighted by atomic mass is 10.2. The van der Waals surface area contributed by atoms with Gasteiger partial charge in [0.25, 0.3) is 0 Å². The van der Waals surface area contributed by atoms with Gasteiger partial charge in [0.2, 0.25) is 5.91 Å². The van der Waals surface area contributed by atoms with Crippen LogP contribution in [0.3, 0.4) is 0 Å². The van der Waals surface area contributed by atoms with Gasteiger partial charge in [-0.25, -0.2) is 0 Å². The summed E-state index contributed by atoms with van der Waals surface area (Å²) in [6, 6.07) is 15.8. The molecule has 2 rings (SSSR count). The summed E-state index contributed by atoms with van der Waals surface area (Å²) in [5, 5.41) is 11.4. The SMILES string of the molecule is Cc1ccc(S(=O)CC(=O)Nc2ccc(C#N)cc2)cc1. The van der Waals surface area contributed by atoms with Crippen molar-refractivity contribution in [2.75, 3.05) is 11.1 Å². The van der Waals surface area contributed by atoms with Gasteiger partial charge in [-0.1, -0.05) is 17.7 Å². The number of nitrogens with one attached hydrogen (secondary N) is 1. The first-order valence-corrected chi connectivity index (χ1v) is 7.65. The number of nitrogens with zero attached hydrogens (tertiary/aromatic N) is 1. The number of hydrogen-bond donors (Lipinski definition) is 1. The summed E-state index contributed by atoms with van der Waals surface area (Å²) in [5.74, 6) is -0.415. The molecule has 106 valence electrons. The Kier molecular flexibility index (Phi) is 4.85. The van der Waals surface area contributed by atoms with E-state index in [0.717, 1.165) is 5.56 Å². The number of rotatable bonds is 4. The zero-order valence-corrected chi connectivity index (χ0v) is 12.3. The molecule has 0 aliphatic rings. The highest BCUT2D eigenvalue weighted by Crippen LogP contribution is 2.11. The van der Waals surface area contributed by atoms with Crippen LogP contribution >= 0.6 is 0 Å². The predicted molar refractivity (Wildman–Crippen MR) is 82.2 cm³/mol. The summed E-state index contributed by atoms with van der Waals surface area (Å²) >= 11 is 0. The molecule has 0 aliphatic carbocycles. The molecule has 2 aromatic carbocycles. The Morgan fingerprint density at radius 1 is 1.14 bits per heavy atom. The second-order valence-corrected chi connectivity index (χ2v) is 5.99. The second-order valence-electron chi connectivity index (χ2n) is 4.54. The summed E-state index contributed by atoms with van der Waals surface area (Å²) in [5.41, 5.74) is 2.19. The molecule has 0 aromatic heterocycles. The van der Waals surface area contributed by atoms with Crippen LogP contribution in [0.5, 0.6) is 0 Å². The molecular formula is C16H14N2O2S. The highest BCUT2D eigenvalue weighted by atomic mass is 32.2. The van der Waals surface area contributed by atoms with Gasteiger partial charge in [0.05, 0.1) is 22.4 Å². The van der Waals surface area contributed by atoms with Crippen LogP contribution < -0.4 is 5.32 Å². The lowest BCUT2D eigenvalue weighted by molar-refractivity contribution is -0.113. The molecule has 0 saturated carbocycles. The van der Waals surface area contributed by atoms with Gasteiger partial charge in [-0.2, -0.15) is 5.26 Å². The summed E-state index contributed by atoms with van der Waals surface area (Å²) in [6.07, 6.45) is 0. The fourth-order valence-electron chi connectivity index (χ4n) is 1.72. The Morgan fingerprint density at radius 2 is 1.76 bits per heavy atom. The second kappa shape index (κ2) is 6.82. The molecule has 5 heteroatoms. The summed E-state index contributed by atoms with van der Waals surface area (Å²) in [6.45, 7) is 1.95. The smallest absolute Gasteiger partial charge is 0.237 e. The maximum Gasteiger partial charge on any atom is 0.237 e. The van der Waals surface area contributed by atoms with E-state index in [0.29, 0.717) is 16.1 Å². The molecule has 1 amide bonds.